The van der Waals surface area contributed by atoms with Crippen molar-refractivity contribution < 1.29 is 13.9 Å². The molecule has 96 valence electrons. The van der Waals surface area contributed by atoms with Crippen molar-refractivity contribution in [3.63, 3.8) is 0 Å². The van der Waals surface area contributed by atoms with E-state index in [1.54, 1.807) is 12.1 Å². The summed E-state index contributed by atoms with van der Waals surface area (Å²) in [6, 6.07) is 6.78. The third-order valence-electron chi connectivity index (χ3n) is 2.72. The molecule has 0 bridgehead atoms. The van der Waals surface area contributed by atoms with E-state index in [0.717, 1.165) is 12.1 Å². The Hall–Kier alpha value is -1.95. The fourth-order valence-corrected chi connectivity index (χ4v) is 2.22. The maximum atomic E-state index is 13.5. The van der Waals surface area contributed by atoms with Gasteiger partial charge in [-0.1, -0.05) is 15.9 Å². The Bertz CT molecular complexity index is 786. The Labute approximate surface area is 115 Å². The number of imidazole rings is 1. The summed E-state index contributed by atoms with van der Waals surface area (Å²) in [6.07, 6.45) is 0. The molecule has 19 heavy (non-hydrogen) atoms. The summed E-state index contributed by atoms with van der Waals surface area (Å²) in [4.78, 5) is 6.83. The zero-order valence-corrected chi connectivity index (χ0v) is 11.0. The van der Waals surface area contributed by atoms with Crippen LogP contribution in [0.1, 0.15) is 0 Å². The first-order chi connectivity index (χ1) is 9.04. The van der Waals surface area contributed by atoms with Crippen LogP contribution in [0.4, 0.5) is 8.78 Å². The van der Waals surface area contributed by atoms with E-state index < -0.39 is 11.6 Å². The maximum absolute atomic E-state index is 13.5. The molecule has 0 aliphatic carbocycles. The summed E-state index contributed by atoms with van der Waals surface area (Å²) in [5.74, 6) is -1.15. The number of aromatic hydroxyl groups is 1. The van der Waals surface area contributed by atoms with Crippen molar-refractivity contribution in [3.8, 4) is 17.1 Å². The van der Waals surface area contributed by atoms with Gasteiger partial charge in [0.25, 0.3) is 0 Å². The Balaban J connectivity index is 2.23. The lowest BCUT2D eigenvalue weighted by atomic mass is 10.2. The van der Waals surface area contributed by atoms with Gasteiger partial charge in [-0.25, -0.2) is 13.8 Å². The number of nitrogens with zero attached hydrogens (tertiary/aromatic N) is 1. The predicted molar refractivity (Wildman–Crippen MR) is 70.8 cm³/mol. The number of nitrogens with one attached hydrogen (secondary N) is 1. The number of rotatable bonds is 1. The molecule has 1 aromatic heterocycles. The molecule has 0 fully saturated rings. The highest BCUT2D eigenvalue weighted by Gasteiger charge is 2.13. The van der Waals surface area contributed by atoms with Crippen molar-refractivity contribution in [1.82, 2.24) is 9.97 Å². The van der Waals surface area contributed by atoms with Gasteiger partial charge in [0.2, 0.25) is 0 Å². The molecule has 0 saturated heterocycles. The molecule has 0 aliphatic rings. The second-order valence-corrected chi connectivity index (χ2v) is 4.95. The monoisotopic (exact) mass is 324 g/mol. The first-order valence-electron chi connectivity index (χ1n) is 5.38. The van der Waals surface area contributed by atoms with Crippen molar-refractivity contribution in [1.29, 1.82) is 0 Å². The van der Waals surface area contributed by atoms with E-state index in [-0.39, 0.29) is 22.6 Å². The van der Waals surface area contributed by atoms with Crippen molar-refractivity contribution in [2.24, 2.45) is 0 Å². The number of phenols is 1. The van der Waals surface area contributed by atoms with Crippen LogP contribution in [-0.4, -0.2) is 15.1 Å². The molecule has 3 rings (SSSR count). The van der Waals surface area contributed by atoms with E-state index in [0.29, 0.717) is 10.0 Å². The van der Waals surface area contributed by atoms with E-state index in [9.17, 15) is 13.9 Å². The number of fused-ring (bicyclic) bond motifs is 1. The van der Waals surface area contributed by atoms with Crippen LogP contribution >= 0.6 is 15.9 Å². The van der Waals surface area contributed by atoms with Crippen LogP contribution in [0.3, 0.4) is 0 Å². The zero-order valence-electron chi connectivity index (χ0n) is 9.42. The highest BCUT2D eigenvalue weighted by atomic mass is 79.9. The van der Waals surface area contributed by atoms with Crippen molar-refractivity contribution in [3.05, 3.63) is 46.4 Å². The highest BCUT2D eigenvalue weighted by molar-refractivity contribution is 9.10. The molecular formula is C13H7BrF2N2O. The fraction of sp³-hybridized carbons (Fsp3) is 0. The lowest BCUT2D eigenvalue weighted by molar-refractivity contribution is 0.476. The Morgan fingerprint density at radius 3 is 2.68 bits per heavy atom. The average Bonchev–Trinajstić information content (AvgIpc) is 2.72. The number of aromatic nitrogens is 2. The molecule has 0 spiro atoms. The van der Waals surface area contributed by atoms with Crippen molar-refractivity contribution in [2.45, 2.75) is 0 Å². The second-order valence-electron chi connectivity index (χ2n) is 4.03. The predicted octanol–water partition coefficient (Wildman–Crippen LogP) is 3.98. The number of halogens is 3. The summed E-state index contributed by atoms with van der Waals surface area (Å²) in [6.45, 7) is 0. The normalized spacial score (nSPS) is 11.1. The van der Waals surface area contributed by atoms with Crippen molar-refractivity contribution >= 4 is 27.0 Å². The molecule has 2 aromatic carbocycles. The van der Waals surface area contributed by atoms with Gasteiger partial charge < -0.3 is 10.1 Å². The molecule has 3 aromatic rings. The van der Waals surface area contributed by atoms with Gasteiger partial charge >= 0.3 is 0 Å². The summed E-state index contributed by atoms with van der Waals surface area (Å²) < 4.78 is 27.4. The maximum Gasteiger partial charge on any atom is 0.153 e. The molecule has 2 N–H and O–H groups in total. The molecule has 1 heterocycles. The minimum atomic E-state index is -0.742. The quantitative estimate of drug-likeness (QED) is 0.711. The van der Waals surface area contributed by atoms with Crippen LogP contribution in [0.15, 0.2) is 34.8 Å². The lowest BCUT2D eigenvalue weighted by Crippen LogP contribution is -1.82. The largest absolute Gasteiger partial charge is 0.507 e. The van der Waals surface area contributed by atoms with Crippen LogP contribution < -0.4 is 0 Å². The van der Waals surface area contributed by atoms with Crippen LogP contribution in [0.25, 0.3) is 22.4 Å². The van der Waals surface area contributed by atoms with E-state index in [4.69, 9.17) is 0 Å². The summed E-state index contributed by atoms with van der Waals surface area (Å²) >= 11 is 3.22. The number of benzene rings is 2. The first-order valence-corrected chi connectivity index (χ1v) is 6.17. The van der Waals surface area contributed by atoms with E-state index in [2.05, 4.69) is 25.9 Å². The summed E-state index contributed by atoms with van der Waals surface area (Å²) in [7, 11) is 0. The van der Waals surface area contributed by atoms with E-state index in [1.165, 1.54) is 6.07 Å². The van der Waals surface area contributed by atoms with Gasteiger partial charge in [0.05, 0.1) is 11.1 Å². The molecule has 6 heteroatoms. The number of aromatic amines is 1. The minimum absolute atomic E-state index is 0.00527. The third-order valence-corrected chi connectivity index (χ3v) is 3.21. The van der Waals surface area contributed by atoms with Crippen LogP contribution in [0, 0.1) is 11.6 Å². The topological polar surface area (TPSA) is 48.9 Å². The molecule has 0 unspecified atom stereocenters. The van der Waals surface area contributed by atoms with Gasteiger partial charge in [-0.3, -0.25) is 0 Å². The molecule has 0 amide bonds. The zero-order chi connectivity index (χ0) is 13.6. The van der Waals surface area contributed by atoms with Crippen LogP contribution in [-0.2, 0) is 0 Å². The minimum Gasteiger partial charge on any atom is -0.507 e. The molecule has 0 radical (unpaired) electrons. The lowest BCUT2D eigenvalue weighted by Gasteiger charge is -2.00. The van der Waals surface area contributed by atoms with Gasteiger partial charge in [-0.15, -0.1) is 0 Å². The van der Waals surface area contributed by atoms with Gasteiger partial charge in [0, 0.05) is 10.5 Å². The molecule has 3 nitrogen and oxygen atoms in total. The molecule has 0 atom stereocenters. The fourth-order valence-electron chi connectivity index (χ4n) is 1.87. The Morgan fingerprint density at radius 2 is 1.95 bits per heavy atom. The van der Waals surface area contributed by atoms with E-state index in [1.807, 2.05) is 0 Å². The molecule has 0 aliphatic heterocycles. The van der Waals surface area contributed by atoms with Gasteiger partial charge in [0.1, 0.15) is 22.9 Å². The van der Waals surface area contributed by atoms with Crippen LogP contribution in [0.5, 0.6) is 5.75 Å². The molecule has 0 saturated carbocycles. The Morgan fingerprint density at radius 1 is 1.16 bits per heavy atom. The average molecular weight is 325 g/mol. The van der Waals surface area contributed by atoms with E-state index >= 15 is 0 Å². The highest BCUT2D eigenvalue weighted by Crippen LogP contribution is 2.31. The summed E-state index contributed by atoms with van der Waals surface area (Å²) in [5.41, 5.74) is 0.702. The Kier molecular flexibility index (Phi) is 2.74. The number of phenolic OH excluding ortho intramolecular Hbond substituents is 1. The van der Waals surface area contributed by atoms with Gasteiger partial charge in [0.15, 0.2) is 5.82 Å². The number of hydrogen-bond acceptors (Lipinski definition) is 2. The first kappa shape index (κ1) is 12.1. The second kappa shape index (κ2) is 4.31. The SMILES string of the molecule is Oc1cc(Br)ccc1-c1nc2c(F)cc(F)cc2[nH]1. The summed E-state index contributed by atoms with van der Waals surface area (Å²) in [5, 5.41) is 9.84. The number of H-pyrrole nitrogens is 1. The molecular weight excluding hydrogens is 318 g/mol. The van der Waals surface area contributed by atoms with Gasteiger partial charge in [-0.2, -0.15) is 0 Å². The van der Waals surface area contributed by atoms with Gasteiger partial charge in [-0.05, 0) is 24.3 Å². The third kappa shape index (κ3) is 2.08. The smallest absolute Gasteiger partial charge is 0.153 e. The number of hydrogen-bond donors (Lipinski definition) is 2. The van der Waals surface area contributed by atoms with Crippen molar-refractivity contribution in [2.75, 3.05) is 0 Å². The van der Waals surface area contributed by atoms with Crippen LogP contribution in [0.2, 0.25) is 0 Å². The standard InChI is InChI=1S/C13H7BrF2N2O/c14-6-1-2-8(11(19)3-6)13-17-10-5-7(15)4-9(16)12(10)18-13/h1-5,19H,(H,17,18).